The molecule has 2 atom stereocenters. The number of hydrogen-bond donors (Lipinski definition) is 3. The molecule has 0 rings (SSSR count). The van der Waals surface area contributed by atoms with Crippen molar-refractivity contribution < 1.29 is 15.0 Å². The molecule has 0 saturated heterocycles. The normalized spacial score (nSPS) is 12.8. The van der Waals surface area contributed by atoms with Gasteiger partial charge in [-0.3, -0.25) is 4.79 Å². The minimum atomic E-state index is -0.653. The van der Waals surface area contributed by atoms with Gasteiger partial charge in [0.25, 0.3) is 0 Å². The first-order chi connectivity index (χ1) is 25.7. The van der Waals surface area contributed by atoms with E-state index < -0.39 is 12.1 Å². The van der Waals surface area contributed by atoms with Crippen LogP contribution in [0.15, 0.2) is 0 Å². The second-order valence-corrected chi connectivity index (χ2v) is 16.9. The van der Waals surface area contributed by atoms with E-state index in [4.69, 9.17) is 0 Å². The van der Waals surface area contributed by atoms with Crippen molar-refractivity contribution in [2.24, 2.45) is 0 Å². The monoisotopic (exact) mass is 736 g/mol. The molecule has 4 heteroatoms. The van der Waals surface area contributed by atoms with Gasteiger partial charge >= 0.3 is 0 Å². The lowest BCUT2D eigenvalue weighted by molar-refractivity contribution is -0.123. The van der Waals surface area contributed by atoms with Gasteiger partial charge in [0, 0.05) is 6.42 Å². The highest BCUT2D eigenvalue weighted by atomic mass is 16.3. The van der Waals surface area contributed by atoms with Crippen molar-refractivity contribution in [2.75, 3.05) is 6.61 Å². The largest absolute Gasteiger partial charge is 0.394 e. The minimum absolute atomic E-state index is 0.0244. The summed E-state index contributed by atoms with van der Waals surface area (Å²) in [5.74, 6) is -0.0244. The van der Waals surface area contributed by atoms with E-state index >= 15 is 0 Å². The Kier molecular flexibility index (Phi) is 44.3. The number of unbranched alkanes of at least 4 members (excludes halogenated alkanes) is 38. The molecule has 0 aromatic heterocycles. The first-order valence-electron chi connectivity index (χ1n) is 24.2. The van der Waals surface area contributed by atoms with Crippen LogP contribution in [0.5, 0.6) is 0 Å². The van der Waals surface area contributed by atoms with Gasteiger partial charge in [0.15, 0.2) is 0 Å². The van der Waals surface area contributed by atoms with Crippen molar-refractivity contribution in [1.29, 1.82) is 0 Å². The molecule has 0 aromatic carbocycles. The number of amides is 1. The van der Waals surface area contributed by atoms with Crippen LogP contribution >= 0.6 is 0 Å². The molecule has 0 bridgehead atoms. The standard InChI is InChI=1S/C48H97NO3/c1-3-5-7-9-11-13-15-17-19-20-21-22-23-24-25-26-27-28-30-32-34-36-38-40-42-44-48(52)49-46(45-50)47(51)43-41-39-37-35-33-31-29-18-16-14-12-10-8-6-4-2/h46-47,50-51H,3-45H2,1-2H3,(H,49,52)/t46-,47+/m0/s1. The van der Waals surface area contributed by atoms with E-state index in [1.54, 1.807) is 0 Å². The Morgan fingerprint density at radius 1 is 0.385 bits per heavy atom. The number of aliphatic hydroxyl groups is 2. The predicted molar refractivity (Wildman–Crippen MR) is 230 cm³/mol. The average molecular weight is 736 g/mol. The third kappa shape index (κ3) is 40.6. The Hall–Kier alpha value is -0.610. The number of carbonyl (C=O) groups is 1. The zero-order valence-electron chi connectivity index (χ0n) is 35.9. The Morgan fingerprint density at radius 2 is 0.615 bits per heavy atom. The molecule has 0 unspecified atom stereocenters. The molecule has 0 aliphatic rings. The van der Waals surface area contributed by atoms with Crippen LogP contribution in [-0.2, 0) is 4.79 Å². The lowest BCUT2D eigenvalue weighted by Gasteiger charge is -2.22. The number of rotatable bonds is 45. The van der Waals surface area contributed by atoms with Crippen LogP contribution in [0.1, 0.15) is 284 Å². The Morgan fingerprint density at radius 3 is 0.865 bits per heavy atom. The molecule has 0 aliphatic heterocycles. The maximum atomic E-state index is 12.4. The van der Waals surface area contributed by atoms with Gasteiger partial charge < -0.3 is 15.5 Å². The summed E-state index contributed by atoms with van der Waals surface area (Å²) >= 11 is 0. The van der Waals surface area contributed by atoms with E-state index in [1.165, 1.54) is 231 Å². The highest BCUT2D eigenvalue weighted by Crippen LogP contribution is 2.17. The van der Waals surface area contributed by atoms with Gasteiger partial charge in [-0.25, -0.2) is 0 Å². The van der Waals surface area contributed by atoms with Crippen LogP contribution in [0, 0.1) is 0 Å². The summed E-state index contributed by atoms with van der Waals surface area (Å²) in [7, 11) is 0. The highest BCUT2D eigenvalue weighted by Gasteiger charge is 2.20. The quantitative estimate of drug-likeness (QED) is 0.0545. The molecule has 0 saturated carbocycles. The summed E-state index contributed by atoms with van der Waals surface area (Å²) in [4.78, 5) is 12.4. The van der Waals surface area contributed by atoms with Crippen molar-refractivity contribution in [3.63, 3.8) is 0 Å². The summed E-state index contributed by atoms with van der Waals surface area (Å²) in [6.45, 7) is 4.39. The Bertz CT molecular complexity index is 670. The molecule has 0 heterocycles. The molecular formula is C48H97NO3. The fourth-order valence-corrected chi connectivity index (χ4v) is 7.89. The minimum Gasteiger partial charge on any atom is -0.394 e. The SMILES string of the molecule is CCCCCCCCCCCCCCCCCCCCCCCCCCCC(=O)N[C@@H](CO)[C@H](O)CCCCCCCCCCCCCCCCC. The summed E-state index contributed by atoms with van der Waals surface area (Å²) < 4.78 is 0. The van der Waals surface area contributed by atoms with Gasteiger partial charge in [0.2, 0.25) is 5.91 Å². The molecule has 312 valence electrons. The van der Waals surface area contributed by atoms with E-state index in [0.29, 0.717) is 12.8 Å². The fraction of sp³-hybridized carbons (Fsp3) is 0.979. The third-order valence-electron chi connectivity index (χ3n) is 11.6. The number of carbonyl (C=O) groups excluding carboxylic acids is 1. The zero-order valence-corrected chi connectivity index (χ0v) is 35.9. The fourth-order valence-electron chi connectivity index (χ4n) is 7.89. The molecule has 52 heavy (non-hydrogen) atoms. The molecule has 1 amide bonds. The van der Waals surface area contributed by atoms with Gasteiger partial charge in [-0.15, -0.1) is 0 Å². The van der Waals surface area contributed by atoms with E-state index in [2.05, 4.69) is 19.2 Å². The van der Waals surface area contributed by atoms with Crippen molar-refractivity contribution in [3.05, 3.63) is 0 Å². The van der Waals surface area contributed by atoms with Crippen molar-refractivity contribution in [1.82, 2.24) is 5.32 Å². The van der Waals surface area contributed by atoms with Crippen LogP contribution in [-0.4, -0.2) is 34.9 Å². The van der Waals surface area contributed by atoms with Crippen molar-refractivity contribution >= 4 is 5.91 Å². The van der Waals surface area contributed by atoms with E-state index in [-0.39, 0.29) is 12.5 Å². The van der Waals surface area contributed by atoms with Gasteiger partial charge in [-0.1, -0.05) is 264 Å². The van der Waals surface area contributed by atoms with Crippen molar-refractivity contribution in [3.8, 4) is 0 Å². The highest BCUT2D eigenvalue weighted by molar-refractivity contribution is 5.76. The maximum absolute atomic E-state index is 12.4. The molecular weight excluding hydrogens is 639 g/mol. The predicted octanol–water partition coefficient (Wildman–Crippen LogP) is 15.2. The van der Waals surface area contributed by atoms with Crippen molar-refractivity contribution in [2.45, 2.75) is 296 Å². The van der Waals surface area contributed by atoms with Crippen LogP contribution in [0.3, 0.4) is 0 Å². The summed E-state index contributed by atoms with van der Waals surface area (Å²) in [5, 5.41) is 23.2. The summed E-state index contributed by atoms with van der Waals surface area (Å²) in [6.07, 6.45) is 54.9. The van der Waals surface area contributed by atoms with E-state index in [0.717, 1.165) is 25.7 Å². The molecule has 4 nitrogen and oxygen atoms in total. The van der Waals surface area contributed by atoms with Crippen LogP contribution in [0.2, 0.25) is 0 Å². The van der Waals surface area contributed by atoms with E-state index in [1.807, 2.05) is 0 Å². The summed E-state index contributed by atoms with van der Waals surface area (Å²) in [6, 6.07) is -0.529. The van der Waals surface area contributed by atoms with Gasteiger partial charge in [0.05, 0.1) is 18.8 Å². The lowest BCUT2D eigenvalue weighted by atomic mass is 10.0. The second kappa shape index (κ2) is 44.8. The topological polar surface area (TPSA) is 69.6 Å². The maximum Gasteiger partial charge on any atom is 0.220 e. The van der Waals surface area contributed by atoms with Crippen LogP contribution in [0.25, 0.3) is 0 Å². The zero-order chi connectivity index (χ0) is 37.8. The van der Waals surface area contributed by atoms with Crippen LogP contribution in [0.4, 0.5) is 0 Å². The number of nitrogens with one attached hydrogen (secondary N) is 1. The molecule has 0 fully saturated rings. The van der Waals surface area contributed by atoms with Gasteiger partial charge in [-0.2, -0.15) is 0 Å². The third-order valence-corrected chi connectivity index (χ3v) is 11.6. The molecule has 0 radical (unpaired) electrons. The first kappa shape index (κ1) is 51.4. The molecule has 0 aromatic rings. The smallest absolute Gasteiger partial charge is 0.220 e. The van der Waals surface area contributed by atoms with Gasteiger partial charge in [-0.05, 0) is 12.8 Å². The average Bonchev–Trinajstić information content (AvgIpc) is 3.15. The van der Waals surface area contributed by atoms with E-state index in [9.17, 15) is 15.0 Å². The van der Waals surface area contributed by atoms with Gasteiger partial charge in [0.1, 0.15) is 0 Å². The lowest BCUT2D eigenvalue weighted by Crippen LogP contribution is -2.45. The summed E-state index contributed by atoms with van der Waals surface area (Å²) in [5.41, 5.74) is 0. The first-order valence-corrected chi connectivity index (χ1v) is 24.2. The molecule has 0 spiro atoms. The van der Waals surface area contributed by atoms with Crippen LogP contribution < -0.4 is 5.32 Å². The molecule has 3 N–H and O–H groups in total. The Labute approximate surface area is 327 Å². The number of hydrogen-bond acceptors (Lipinski definition) is 3. The second-order valence-electron chi connectivity index (χ2n) is 16.9. The number of aliphatic hydroxyl groups excluding tert-OH is 2. The molecule has 0 aliphatic carbocycles. The Balaban J connectivity index is 3.41.